The Balaban J connectivity index is 1.85. The highest BCUT2D eigenvalue weighted by molar-refractivity contribution is 5.85. The molecule has 1 saturated heterocycles. The van der Waals surface area contributed by atoms with Crippen LogP contribution in [0.2, 0.25) is 0 Å². The standard InChI is InChI=1S/C18H32F3N5O/c1-3-22-17(23-13-16(27)24-15-7-5-4-6-8-15)26-11-9-25(10-12-26)14(2)18(19,20)21/h14-15H,3-13H2,1-2H3,(H,22,23)(H,24,27). The summed E-state index contributed by atoms with van der Waals surface area (Å²) in [6.45, 7) is 5.36. The number of amides is 1. The Hall–Kier alpha value is -1.51. The van der Waals surface area contributed by atoms with Gasteiger partial charge < -0.3 is 15.5 Å². The zero-order valence-electron chi connectivity index (χ0n) is 16.3. The van der Waals surface area contributed by atoms with Crippen LogP contribution >= 0.6 is 0 Å². The molecular weight excluding hydrogens is 359 g/mol. The Morgan fingerprint density at radius 1 is 1.15 bits per heavy atom. The predicted molar refractivity (Wildman–Crippen MR) is 99.7 cm³/mol. The van der Waals surface area contributed by atoms with Crippen LogP contribution in [0, 0.1) is 0 Å². The highest BCUT2D eigenvalue weighted by atomic mass is 19.4. The summed E-state index contributed by atoms with van der Waals surface area (Å²) in [5.41, 5.74) is 0. The van der Waals surface area contributed by atoms with Crippen molar-refractivity contribution in [1.29, 1.82) is 0 Å². The summed E-state index contributed by atoms with van der Waals surface area (Å²) in [4.78, 5) is 19.9. The van der Waals surface area contributed by atoms with Gasteiger partial charge in [-0.3, -0.25) is 9.69 Å². The average Bonchev–Trinajstić information content (AvgIpc) is 2.65. The average molecular weight is 391 g/mol. The maximum absolute atomic E-state index is 12.9. The van der Waals surface area contributed by atoms with E-state index in [1.165, 1.54) is 18.2 Å². The van der Waals surface area contributed by atoms with Gasteiger partial charge in [-0.05, 0) is 26.7 Å². The molecule has 0 aromatic rings. The minimum atomic E-state index is -4.21. The minimum absolute atomic E-state index is 0.0397. The van der Waals surface area contributed by atoms with Gasteiger partial charge in [0.2, 0.25) is 5.91 Å². The van der Waals surface area contributed by atoms with Crippen LogP contribution < -0.4 is 10.6 Å². The van der Waals surface area contributed by atoms with E-state index in [9.17, 15) is 18.0 Å². The monoisotopic (exact) mass is 391 g/mol. The third-order valence-electron chi connectivity index (χ3n) is 5.31. The molecule has 1 atom stereocenters. The van der Waals surface area contributed by atoms with Crippen molar-refractivity contribution >= 4 is 11.9 Å². The van der Waals surface area contributed by atoms with Crippen molar-refractivity contribution in [3.8, 4) is 0 Å². The summed E-state index contributed by atoms with van der Waals surface area (Å²) in [5.74, 6) is 0.497. The second-order valence-electron chi connectivity index (χ2n) is 7.31. The fraction of sp³-hybridized carbons (Fsp3) is 0.889. The maximum Gasteiger partial charge on any atom is 0.403 e. The molecule has 1 amide bonds. The molecule has 1 saturated carbocycles. The molecule has 2 aliphatic rings. The quantitative estimate of drug-likeness (QED) is 0.556. The summed E-state index contributed by atoms with van der Waals surface area (Å²) >= 11 is 0. The zero-order chi connectivity index (χ0) is 19.9. The lowest BCUT2D eigenvalue weighted by molar-refractivity contribution is -0.181. The Labute approximate surface area is 159 Å². The third-order valence-corrected chi connectivity index (χ3v) is 5.31. The number of carbonyl (C=O) groups is 1. The van der Waals surface area contributed by atoms with Crippen LogP contribution in [0.4, 0.5) is 13.2 Å². The first kappa shape index (κ1) is 21.8. The molecule has 2 rings (SSSR count). The molecule has 0 aromatic heterocycles. The third kappa shape index (κ3) is 6.86. The molecule has 0 bridgehead atoms. The molecule has 1 aliphatic heterocycles. The van der Waals surface area contributed by atoms with Crippen molar-refractivity contribution in [3.05, 3.63) is 0 Å². The number of halogens is 3. The molecule has 2 N–H and O–H groups in total. The van der Waals surface area contributed by atoms with Crippen molar-refractivity contribution in [2.24, 2.45) is 4.99 Å². The van der Waals surface area contributed by atoms with E-state index >= 15 is 0 Å². The fourth-order valence-electron chi connectivity index (χ4n) is 3.62. The van der Waals surface area contributed by atoms with E-state index in [0.29, 0.717) is 38.7 Å². The number of hydrogen-bond donors (Lipinski definition) is 2. The fourth-order valence-corrected chi connectivity index (χ4v) is 3.62. The molecule has 27 heavy (non-hydrogen) atoms. The van der Waals surface area contributed by atoms with Crippen molar-refractivity contribution in [2.75, 3.05) is 39.3 Å². The molecule has 0 spiro atoms. The molecule has 0 radical (unpaired) electrons. The van der Waals surface area contributed by atoms with Gasteiger partial charge in [0, 0.05) is 38.8 Å². The second kappa shape index (κ2) is 10.1. The number of piperazine rings is 1. The number of alkyl halides is 3. The van der Waals surface area contributed by atoms with E-state index in [1.54, 1.807) is 0 Å². The number of carbonyl (C=O) groups excluding carboxylic acids is 1. The normalized spacial score (nSPS) is 21.8. The Morgan fingerprint density at radius 2 is 1.78 bits per heavy atom. The predicted octanol–water partition coefficient (Wildman–Crippen LogP) is 1.97. The highest BCUT2D eigenvalue weighted by Crippen LogP contribution is 2.25. The maximum atomic E-state index is 12.9. The highest BCUT2D eigenvalue weighted by Gasteiger charge is 2.41. The van der Waals surface area contributed by atoms with Crippen LogP contribution in [0.25, 0.3) is 0 Å². The molecule has 9 heteroatoms. The van der Waals surface area contributed by atoms with Gasteiger partial charge in [-0.1, -0.05) is 19.3 Å². The van der Waals surface area contributed by atoms with Crippen molar-refractivity contribution in [3.63, 3.8) is 0 Å². The van der Waals surface area contributed by atoms with Gasteiger partial charge in [-0.15, -0.1) is 0 Å². The lowest BCUT2D eigenvalue weighted by Crippen LogP contribution is -2.56. The molecule has 2 fully saturated rings. The van der Waals surface area contributed by atoms with E-state index in [1.807, 2.05) is 11.8 Å². The minimum Gasteiger partial charge on any atom is -0.357 e. The lowest BCUT2D eigenvalue weighted by atomic mass is 9.95. The number of nitrogens with zero attached hydrogens (tertiary/aromatic N) is 3. The van der Waals surface area contributed by atoms with Crippen LogP contribution in [0.5, 0.6) is 0 Å². The van der Waals surface area contributed by atoms with Gasteiger partial charge in [0.25, 0.3) is 0 Å². The van der Waals surface area contributed by atoms with Gasteiger partial charge in [-0.2, -0.15) is 13.2 Å². The molecule has 1 heterocycles. The van der Waals surface area contributed by atoms with Crippen molar-refractivity contribution < 1.29 is 18.0 Å². The first-order valence-electron chi connectivity index (χ1n) is 9.94. The van der Waals surface area contributed by atoms with E-state index in [0.717, 1.165) is 25.7 Å². The van der Waals surface area contributed by atoms with Crippen molar-refractivity contribution in [2.45, 2.75) is 64.2 Å². The van der Waals surface area contributed by atoms with Crippen molar-refractivity contribution in [1.82, 2.24) is 20.4 Å². The molecule has 1 aliphatic carbocycles. The zero-order valence-corrected chi connectivity index (χ0v) is 16.3. The Morgan fingerprint density at radius 3 is 2.33 bits per heavy atom. The van der Waals surface area contributed by atoms with E-state index in [-0.39, 0.29) is 18.5 Å². The van der Waals surface area contributed by atoms with Crippen LogP contribution in [-0.2, 0) is 4.79 Å². The lowest BCUT2D eigenvalue weighted by Gasteiger charge is -2.39. The number of aliphatic imine (C=N–C) groups is 1. The summed E-state index contributed by atoms with van der Waals surface area (Å²) in [5, 5.41) is 6.17. The molecule has 6 nitrogen and oxygen atoms in total. The summed E-state index contributed by atoms with van der Waals surface area (Å²) in [6.07, 6.45) is 1.37. The molecular formula is C18H32F3N5O. The molecule has 1 unspecified atom stereocenters. The smallest absolute Gasteiger partial charge is 0.357 e. The molecule has 0 aromatic carbocycles. The van der Waals surface area contributed by atoms with Crippen LogP contribution in [-0.4, -0.2) is 79.2 Å². The van der Waals surface area contributed by atoms with E-state index in [2.05, 4.69) is 15.6 Å². The summed E-state index contributed by atoms with van der Waals surface area (Å²) in [6, 6.07) is -1.20. The number of nitrogens with one attached hydrogen (secondary N) is 2. The largest absolute Gasteiger partial charge is 0.403 e. The number of hydrogen-bond acceptors (Lipinski definition) is 3. The Bertz CT molecular complexity index is 498. The first-order valence-corrected chi connectivity index (χ1v) is 9.94. The van der Waals surface area contributed by atoms with Gasteiger partial charge in [0.05, 0.1) is 0 Å². The summed E-state index contributed by atoms with van der Waals surface area (Å²) < 4.78 is 38.6. The topological polar surface area (TPSA) is 60.0 Å². The van der Waals surface area contributed by atoms with Crippen LogP contribution in [0.1, 0.15) is 46.0 Å². The Kier molecular flexibility index (Phi) is 8.19. The van der Waals surface area contributed by atoms with E-state index in [4.69, 9.17) is 0 Å². The second-order valence-corrected chi connectivity index (χ2v) is 7.31. The van der Waals surface area contributed by atoms with Crippen LogP contribution in [0.15, 0.2) is 4.99 Å². The first-order chi connectivity index (χ1) is 12.8. The SMILES string of the molecule is CCNC(=NCC(=O)NC1CCCCC1)N1CCN(C(C)C(F)(F)F)CC1. The van der Waals surface area contributed by atoms with Gasteiger partial charge in [0.15, 0.2) is 5.96 Å². The van der Waals surface area contributed by atoms with E-state index < -0.39 is 12.2 Å². The summed E-state index contributed by atoms with van der Waals surface area (Å²) in [7, 11) is 0. The number of rotatable bonds is 5. The van der Waals surface area contributed by atoms with Gasteiger partial charge in [0.1, 0.15) is 12.6 Å². The van der Waals surface area contributed by atoms with Crippen LogP contribution in [0.3, 0.4) is 0 Å². The van der Waals surface area contributed by atoms with Gasteiger partial charge in [-0.25, -0.2) is 4.99 Å². The van der Waals surface area contributed by atoms with Gasteiger partial charge >= 0.3 is 6.18 Å². The molecule has 156 valence electrons. The number of guanidine groups is 1.